The van der Waals surface area contributed by atoms with E-state index >= 15 is 0 Å². The van der Waals surface area contributed by atoms with Crippen LogP contribution in [-0.2, 0) is 14.3 Å². The highest BCUT2D eigenvalue weighted by Gasteiger charge is 2.22. The molecule has 1 unspecified atom stereocenters. The Bertz CT molecular complexity index is 605. The maximum absolute atomic E-state index is 12.1. The molecule has 130 valence electrons. The molecule has 1 saturated carbocycles. The lowest BCUT2D eigenvalue weighted by Gasteiger charge is -2.21. The van der Waals surface area contributed by atoms with E-state index in [1.807, 2.05) is 0 Å². The van der Waals surface area contributed by atoms with Gasteiger partial charge in [0.15, 0.2) is 11.9 Å². The summed E-state index contributed by atoms with van der Waals surface area (Å²) in [4.78, 5) is 35.5. The molecule has 1 amide bonds. The molecule has 0 spiro atoms. The van der Waals surface area contributed by atoms with Gasteiger partial charge in [-0.05, 0) is 44.7 Å². The monoisotopic (exact) mass is 331 g/mol. The molecule has 1 aliphatic carbocycles. The number of nitrogens with one attached hydrogen (secondary N) is 1. The van der Waals surface area contributed by atoms with E-state index in [0.717, 1.165) is 12.8 Å². The zero-order chi connectivity index (χ0) is 17.5. The van der Waals surface area contributed by atoms with Crippen molar-refractivity contribution in [1.82, 2.24) is 0 Å². The molecule has 1 aromatic carbocycles. The first-order valence-corrected chi connectivity index (χ1v) is 8.57. The Morgan fingerprint density at radius 2 is 1.92 bits per heavy atom. The van der Waals surface area contributed by atoms with Gasteiger partial charge in [-0.15, -0.1) is 0 Å². The number of Topliss-reactive ketones (excluding diaryl/α,β-unsaturated/α-hetero) is 1. The van der Waals surface area contributed by atoms with Crippen LogP contribution in [0.3, 0.4) is 0 Å². The van der Waals surface area contributed by atoms with Crippen molar-refractivity contribution in [2.24, 2.45) is 5.92 Å². The fraction of sp³-hybridized carbons (Fsp3) is 0.526. The Morgan fingerprint density at radius 3 is 2.58 bits per heavy atom. The molecule has 0 bridgehead atoms. The molecule has 1 N–H and O–H groups in total. The average molecular weight is 331 g/mol. The SMILES string of the molecule is CC(=O)c1cccc(NC(=O)C(C)OC(=O)CC2CCCCC2)c1. The van der Waals surface area contributed by atoms with Crippen LogP contribution < -0.4 is 5.32 Å². The van der Waals surface area contributed by atoms with Gasteiger partial charge in [-0.2, -0.15) is 0 Å². The lowest BCUT2D eigenvalue weighted by atomic mass is 9.87. The number of hydrogen-bond donors (Lipinski definition) is 1. The smallest absolute Gasteiger partial charge is 0.306 e. The lowest BCUT2D eigenvalue weighted by molar-refractivity contribution is -0.154. The molecular formula is C19H25NO4. The fourth-order valence-corrected chi connectivity index (χ4v) is 2.99. The summed E-state index contributed by atoms with van der Waals surface area (Å²) in [6, 6.07) is 6.69. The molecule has 0 saturated heterocycles. The molecule has 24 heavy (non-hydrogen) atoms. The summed E-state index contributed by atoms with van der Waals surface area (Å²) in [5, 5.41) is 2.68. The van der Waals surface area contributed by atoms with E-state index in [0.29, 0.717) is 23.6 Å². The van der Waals surface area contributed by atoms with Gasteiger partial charge in [0.1, 0.15) is 0 Å². The molecule has 5 nitrogen and oxygen atoms in total. The summed E-state index contributed by atoms with van der Waals surface area (Å²) in [5.74, 6) is -0.401. The zero-order valence-electron chi connectivity index (χ0n) is 14.3. The van der Waals surface area contributed by atoms with Gasteiger partial charge in [-0.3, -0.25) is 14.4 Å². The van der Waals surface area contributed by atoms with Crippen molar-refractivity contribution in [2.45, 2.75) is 58.5 Å². The third-order valence-corrected chi connectivity index (χ3v) is 4.39. The van der Waals surface area contributed by atoms with Gasteiger partial charge in [-0.25, -0.2) is 0 Å². The van der Waals surface area contributed by atoms with Crippen molar-refractivity contribution in [3.63, 3.8) is 0 Å². The quantitative estimate of drug-likeness (QED) is 0.637. The molecule has 1 fully saturated rings. The molecule has 1 atom stereocenters. The molecule has 0 radical (unpaired) electrons. The van der Waals surface area contributed by atoms with Crippen molar-refractivity contribution in [3.8, 4) is 0 Å². The second-order valence-corrected chi connectivity index (χ2v) is 6.47. The van der Waals surface area contributed by atoms with E-state index in [-0.39, 0.29) is 11.8 Å². The number of ketones is 1. The van der Waals surface area contributed by atoms with Crippen LogP contribution in [0, 0.1) is 5.92 Å². The van der Waals surface area contributed by atoms with Gasteiger partial charge in [0, 0.05) is 17.7 Å². The van der Waals surface area contributed by atoms with Crippen molar-refractivity contribution in [3.05, 3.63) is 29.8 Å². The van der Waals surface area contributed by atoms with E-state index in [2.05, 4.69) is 5.32 Å². The van der Waals surface area contributed by atoms with Crippen LogP contribution in [0.4, 0.5) is 5.69 Å². The average Bonchev–Trinajstić information content (AvgIpc) is 2.55. The van der Waals surface area contributed by atoms with E-state index in [1.54, 1.807) is 31.2 Å². The van der Waals surface area contributed by atoms with Gasteiger partial charge in [0.25, 0.3) is 5.91 Å². The fourth-order valence-electron chi connectivity index (χ4n) is 2.99. The van der Waals surface area contributed by atoms with Crippen LogP contribution in [0.5, 0.6) is 0 Å². The Kier molecular flexibility index (Phi) is 6.53. The standard InChI is InChI=1S/C19H25NO4/c1-13(21)16-9-6-10-17(12-16)20-19(23)14(2)24-18(22)11-15-7-4-3-5-8-15/h6,9-10,12,14-15H,3-5,7-8,11H2,1-2H3,(H,20,23). The highest BCUT2D eigenvalue weighted by molar-refractivity contribution is 5.98. The highest BCUT2D eigenvalue weighted by atomic mass is 16.5. The molecule has 2 rings (SSSR count). The Labute approximate surface area is 142 Å². The van der Waals surface area contributed by atoms with Gasteiger partial charge < -0.3 is 10.1 Å². The van der Waals surface area contributed by atoms with E-state index in [4.69, 9.17) is 4.74 Å². The number of amides is 1. The van der Waals surface area contributed by atoms with Crippen molar-refractivity contribution >= 4 is 23.3 Å². The second kappa shape index (κ2) is 8.62. The third kappa shape index (κ3) is 5.48. The van der Waals surface area contributed by atoms with Crippen LogP contribution in [0.2, 0.25) is 0 Å². The van der Waals surface area contributed by atoms with E-state index in [9.17, 15) is 14.4 Å². The first-order valence-electron chi connectivity index (χ1n) is 8.57. The number of esters is 1. The van der Waals surface area contributed by atoms with Crippen molar-refractivity contribution < 1.29 is 19.1 Å². The minimum Gasteiger partial charge on any atom is -0.453 e. The van der Waals surface area contributed by atoms with Crippen molar-refractivity contribution in [2.75, 3.05) is 5.32 Å². The number of rotatable bonds is 6. The van der Waals surface area contributed by atoms with E-state index < -0.39 is 12.0 Å². The van der Waals surface area contributed by atoms with E-state index in [1.165, 1.54) is 26.2 Å². The van der Waals surface area contributed by atoms with Gasteiger partial charge >= 0.3 is 5.97 Å². The summed E-state index contributed by atoms with van der Waals surface area (Å²) >= 11 is 0. The first-order chi connectivity index (χ1) is 11.5. The molecule has 5 heteroatoms. The topological polar surface area (TPSA) is 72.5 Å². The summed E-state index contributed by atoms with van der Waals surface area (Å²) in [5.41, 5.74) is 1.04. The van der Waals surface area contributed by atoms with Gasteiger partial charge in [-0.1, -0.05) is 31.4 Å². The number of ether oxygens (including phenoxy) is 1. The number of hydrogen-bond acceptors (Lipinski definition) is 4. The minimum absolute atomic E-state index is 0.0712. The lowest BCUT2D eigenvalue weighted by Crippen LogP contribution is -2.30. The van der Waals surface area contributed by atoms with Crippen LogP contribution in [0.1, 0.15) is 62.7 Å². The van der Waals surface area contributed by atoms with Gasteiger partial charge in [0.2, 0.25) is 0 Å². The summed E-state index contributed by atoms with van der Waals surface area (Å²) in [6.45, 7) is 3.03. The normalized spacial score (nSPS) is 16.2. The zero-order valence-corrected chi connectivity index (χ0v) is 14.3. The first kappa shape index (κ1) is 18.2. The molecule has 0 aliphatic heterocycles. The largest absolute Gasteiger partial charge is 0.453 e. The number of anilines is 1. The Balaban J connectivity index is 1.84. The van der Waals surface area contributed by atoms with Crippen LogP contribution in [-0.4, -0.2) is 23.8 Å². The Morgan fingerprint density at radius 1 is 1.21 bits per heavy atom. The number of carbonyl (C=O) groups is 3. The van der Waals surface area contributed by atoms with Crippen LogP contribution >= 0.6 is 0 Å². The predicted octanol–water partition coefficient (Wildman–Crippen LogP) is 3.73. The van der Waals surface area contributed by atoms with Crippen LogP contribution in [0.25, 0.3) is 0 Å². The molecule has 1 aromatic rings. The molecule has 1 aliphatic rings. The maximum Gasteiger partial charge on any atom is 0.306 e. The highest BCUT2D eigenvalue weighted by Crippen LogP contribution is 2.26. The Hall–Kier alpha value is -2.17. The summed E-state index contributed by atoms with van der Waals surface area (Å²) < 4.78 is 5.25. The summed E-state index contributed by atoms with van der Waals surface area (Å²) in [7, 11) is 0. The van der Waals surface area contributed by atoms with Crippen molar-refractivity contribution in [1.29, 1.82) is 0 Å². The van der Waals surface area contributed by atoms with Crippen LogP contribution in [0.15, 0.2) is 24.3 Å². The molecule has 0 heterocycles. The number of benzene rings is 1. The number of carbonyl (C=O) groups excluding carboxylic acids is 3. The third-order valence-electron chi connectivity index (χ3n) is 4.39. The molecular weight excluding hydrogens is 306 g/mol. The summed E-state index contributed by atoms with van der Waals surface area (Å²) in [6.07, 6.45) is 5.23. The van der Waals surface area contributed by atoms with Gasteiger partial charge in [0.05, 0.1) is 0 Å². The second-order valence-electron chi connectivity index (χ2n) is 6.47. The minimum atomic E-state index is -0.859. The molecule has 0 aromatic heterocycles. The predicted molar refractivity (Wildman–Crippen MR) is 91.8 cm³/mol. The maximum atomic E-state index is 12.1.